The van der Waals surface area contributed by atoms with E-state index in [0.29, 0.717) is 18.0 Å². The summed E-state index contributed by atoms with van der Waals surface area (Å²) in [5.74, 6) is 1.13. The molecule has 37 heavy (non-hydrogen) atoms. The van der Waals surface area contributed by atoms with Crippen molar-refractivity contribution in [3.8, 4) is 16.9 Å². The first kappa shape index (κ1) is 26.3. The number of pyridine rings is 1. The van der Waals surface area contributed by atoms with Gasteiger partial charge in [0.15, 0.2) is 6.61 Å². The highest BCUT2D eigenvalue weighted by Gasteiger charge is 2.29. The molecule has 4 rings (SSSR count). The molecule has 0 aliphatic carbocycles. The van der Waals surface area contributed by atoms with Gasteiger partial charge in [0.2, 0.25) is 0 Å². The second-order valence-electron chi connectivity index (χ2n) is 8.42. The van der Waals surface area contributed by atoms with Crippen LogP contribution in [0.1, 0.15) is 22.3 Å². The first-order valence-corrected chi connectivity index (χ1v) is 12.5. The molecule has 0 saturated heterocycles. The maximum Gasteiger partial charge on any atom is 0.416 e. The Morgan fingerprint density at radius 1 is 0.946 bits per heavy atom. The Hall–Kier alpha value is -3.78. The van der Waals surface area contributed by atoms with Crippen LogP contribution in [0.25, 0.3) is 11.1 Å². The third kappa shape index (κ3) is 7.60. The molecular formula is C29H25F3N2O2S. The molecule has 1 amide bonds. The molecule has 1 heterocycles. The SMILES string of the molecule is Cc1cc(SCc2cccc(-c3ccc(C(F)(F)F)cc3)c2)ccc1OCC(=O)NCc1cccnc1. The number of halogens is 3. The van der Waals surface area contributed by atoms with Crippen molar-refractivity contribution in [1.29, 1.82) is 0 Å². The largest absolute Gasteiger partial charge is 0.484 e. The maximum absolute atomic E-state index is 12.8. The van der Waals surface area contributed by atoms with Gasteiger partial charge in [-0.3, -0.25) is 9.78 Å². The number of nitrogens with zero attached hydrogens (tertiary/aromatic N) is 1. The van der Waals surface area contributed by atoms with Crippen molar-refractivity contribution in [3.05, 3.63) is 114 Å². The molecule has 0 saturated carbocycles. The Labute approximate surface area is 217 Å². The Morgan fingerprint density at radius 3 is 2.43 bits per heavy atom. The molecule has 0 aliphatic rings. The number of thioether (sulfide) groups is 1. The summed E-state index contributed by atoms with van der Waals surface area (Å²) in [4.78, 5) is 17.2. The number of carbonyl (C=O) groups excluding carboxylic acids is 1. The molecule has 0 fully saturated rings. The summed E-state index contributed by atoms with van der Waals surface area (Å²) >= 11 is 1.65. The number of benzene rings is 3. The third-order valence-corrected chi connectivity index (χ3v) is 6.66. The Bertz CT molecular complexity index is 1340. The fraction of sp³-hybridized carbons (Fsp3) is 0.172. The van der Waals surface area contributed by atoms with E-state index < -0.39 is 11.7 Å². The van der Waals surface area contributed by atoms with Gasteiger partial charge in [0.1, 0.15) is 5.75 Å². The van der Waals surface area contributed by atoms with E-state index in [2.05, 4.69) is 10.3 Å². The van der Waals surface area contributed by atoms with Crippen molar-refractivity contribution in [1.82, 2.24) is 10.3 Å². The number of carbonyl (C=O) groups is 1. The smallest absolute Gasteiger partial charge is 0.416 e. The predicted octanol–water partition coefficient (Wildman–Crippen LogP) is 7.06. The fourth-order valence-electron chi connectivity index (χ4n) is 3.63. The summed E-state index contributed by atoms with van der Waals surface area (Å²) < 4.78 is 44.2. The van der Waals surface area contributed by atoms with Gasteiger partial charge in [0.25, 0.3) is 5.91 Å². The average molecular weight is 523 g/mol. The Morgan fingerprint density at radius 2 is 1.73 bits per heavy atom. The van der Waals surface area contributed by atoms with E-state index >= 15 is 0 Å². The number of alkyl halides is 3. The molecule has 0 bridgehead atoms. The molecule has 4 nitrogen and oxygen atoms in total. The van der Waals surface area contributed by atoms with E-state index in [0.717, 1.165) is 44.8 Å². The van der Waals surface area contributed by atoms with Crippen LogP contribution < -0.4 is 10.1 Å². The number of hydrogen-bond acceptors (Lipinski definition) is 4. The van der Waals surface area contributed by atoms with Crippen LogP contribution in [-0.2, 0) is 23.3 Å². The maximum atomic E-state index is 12.8. The lowest BCUT2D eigenvalue weighted by atomic mass is 10.0. The summed E-state index contributed by atoms with van der Waals surface area (Å²) in [6.45, 7) is 2.24. The van der Waals surface area contributed by atoms with Crippen molar-refractivity contribution < 1.29 is 22.7 Å². The van der Waals surface area contributed by atoms with Crippen molar-refractivity contribution >= 4 is 17.7 Å². The zero-order valence-corrected chi connectivity index (χ0v) is 20.9. The van der Waals surface area contributed by atoms with Crippen LogP contribution in [0.4, 0.5) is 13.2 Å². The summed E-state index contributed by atoms with van der Waals surface area (Å²) in [5, 5.41) is 2.81. The van der Waals surface area contributed by atoms with Crippen molar-refractivity contribution in [3.63, 3.8) is 0 Å². The molecular weight excluding hydrogens is 497 g/mol. The normalized spacial score (nSPS) is 11.2. The lowest BCUT2D eigenvalue weighted by Gasteiger charge is -2.11. The molecule has 0 aliphatic heterocycles. The number of aryl methyl sites for hydroxylation is 1. The van der Waals surface area contributed by atoms with E-state index in [4.69, 9.17) is 4.74 Å². The molecule has 0 atom stereocenters. The summed E-state index contributed by atoms with van der Waals surface area (Å²) in [7, 11) is 0. The lowest BCUT2D eigenvalue weighted by Crippen LogP contribution is -2.28. The number of nitrogens with one attached hydrogen (secondary N) is 1. The zero-order valence-electron chi connectivity index (χ0n) is 20.1. The highest BCUT2D eigenvalue weighted by Crippen LogP contribution is 2.32. The molecule has 190 valence electrons. The second-order valence-corrected chi connectivity index (χ2v) is 9.47. The Balaban J connectivity index is 1.30. The van der Waals surface area contributed by atoms with Crippen LogP contribution >= 0.6 is 11.8 Å². The minimum Gasteiger partial charge on any atom is -0.484 e. The lowest BCUT2D eigenvalue weighted by molar-refractivity contribution is -0.137. The summed E-state index contributed by atoms with van der Waals surface area (Å²) in [6.07, 6.45) is -0.964. The van der Waals surface area contributed by atoms with Crippen LogP contribution in [0.3, 0.4) is 0 Å². The molecule has 0 spiro atoms. The minimum atomic E-state index is -4.34. The molecule has 1 aromatic heterocycles. The minimum absolute atomic E-state index is 0.0790. The van der Waals surface area contributed by atoms with E-state index in [1.807, 2.05) is 61.5 Å². The topological polar surface area (TPSA) is 51.2 Å². The predicted molar refractivity (Wildman–Crippen MR) is 139 cm³/mol. The first-order chi connectivity index (χ1) is 17.8. The van der Waals surface area contributed by atoms with Gasteiger partial charge in [-0.2, -0.15) is 13.2 Å². The quantitative estimate of drug-likeness (QED) is 0.239. The fourth-order valence-corrected chi connectivity index (χ4v) is 4.57. The van der Waals surface area contributed by atoms with Crippen LogP contribution in [0.5, 0.6) is 5.75 Å². The van der Waals surface area contributed by atoms with Crippen LogP contribution in [0, 0.1) is 6.92 Å². The van der Waals surface area contributed by atoms with Crippen LogP contribution in [0.15, 0.2) is 96.2 Å². The summed E-state index contributed by atoms with van der Waals surface area (Å²) in [6, 6.07) is 22.5. The molecule has 1 N–H and O–H groups in total. The molecule has 0 radical (unpaired) electrons. The van der Waals surface area contributed by atoms with Gasteiger partial charge >= 0.3 is 6.18 Å². The molecule has 0 unspecified atom stereocenters. The Kier molecular flexibility index (Phi) is 8.50. The summed E-state index contributed by atoms with van der Waals surface area (Å²) in [5.41, 5.74) is 3.85. The van der Waals surface area contributed by atoms with E-state index in [1.54, 1.807) is 24.2 Å². The van der Waals surface area contributed by atoms with Crippen molar-refractivity contribution in [2.45, 2.75) is 30.3 Å². The highest BCUT2D eigenvalue weighted by molar-refractivity contribution is 7.98. The average Bonchev–Trinajstić information content (AvgIpc) is 2.90. The molecule has 4 aromatic rings. The first-order valence-electron chi connectivity index (χ1n) is 11.6. The molecule has 3 aromatic carbocycles. The van der Waals surface area contributed by atoms with Gasteiger partial charge in [-0.25, -0.2) is 0 Å². The molecule has 8 heteroatoms. The van der Waals surface area contributed by atoms with E-state index in [1.165, 1.54) is 12.1 Å². The van der Waals surface area contributed by atoms with Crippen LogP contribution in [0.2, 0.25) is 0 Å². The van der Waals surface area contributed by atoms with E-state index in [-0.39, 0.29) is 12.5 Å². The number of rotatable bonds is 9. The zero-order chi connectivity index (χ0) is 26.3. The third-order valence-electron chi connectivity index (χ3n) is 5.60. The van der Waals surface area contributed by atoms with Gasteiger partial charge in [0.05, 0.1) is 5.56 Å². The van der Waals surface area contributed by atoms with Gasteiger partial charge in [-0.05, 0) is 71.1 Å². The number of ether oxygens (including phenoxy) is 1. The van der Waals surface area contributed by atoms with Gasteiger partial charge < -0.3 is 10.1 Å². The van der Waals surface area contributed by atoms with Crippen LogP contribution in [-0.4, -0.2) is 17.5 Å². The number of amides is 1. The van der Waals surface area contributed by atoms with Gasteiger partial charge in [0, 0.05) is 29.6 Å². The second kappa shape index (κ2) is 12.0. The van der Waals surface area contributed by atoms with Crippen molar-refractivity contribution in [2.75, 3.05) is 6.61 Å². The highest BCUT2D eigenvalue weighted by atomic mass is 32.2. The standard InChI is InChI=1S/C29H25F3N2O2S/c1-20-14-26(11-12-27(20)36-18-28(35)34-17-22-5-3-13-33-16-22)37-19-21-4-2-6-24(15-21)23-7-9-25(10-8-23)29(30,31)32/h2-16H,17-19H2,1H3,(H,34,35). The number of aromatic nitrogens is 1. The number of hydrogen-bond donors (Lipinski definition) is 1. The monoisotopic (exact) mass is 522 g/mol. The van der Waals surface area contributed by atoms with Gasteiger partial charge in [-0.1, -0.05) is 42.5 Å². The van der Waals surface area contributed by atoms with Gasteiger partial charge in [-0.15, -0.1) is 11.8 Å². The van der Waals surface area contributed by atoms with E-state index in [9.17, 15) is 18.0 Å². The van der Waals surface area contributed by atoms with Crippen molar-refractivity contribution in [2.24, 2.45) is 0 Å².